The number of fused-ring (bicyclic) bond motifs is 1. The number of hydrogen-bond donors (Lipinski definition) is 3. The normalized spacial score (nSPS) is 11.0. The van der Waals surface area contributed by atoms with Crippen LogP contribution in [0, 0.1) is 0 Å². The van der Waals surface area contributed by atoms with E-state index < -0.39 is 5.91 Å². The van der Waals surface area contributed by atoms with E-state index in [0.29, 0.717) is 15.8 Å². The second-order valence-corrected chi connectivity index (χ2v) is 6.32. The predicted molar refractivity (Wildman–Crippen MR) is 103 cm³/mol. The number of halogens is 1. The number of carbonyl (C=O) groups is 1. The van der Waals surface area contributed by atoms with Crippen LogP contribution in [0.4, 0.5) is 0 Å². The molecule has 3 rings (SSSR count). The van der Waals surface area contributed by atoms with Crippen molar-refractivity contribution in [2.75, 3.05) is 6.61 Å². The summed E-state index contributed by atoms with van der Waals surface area (Å²) >= 11 is 3.11. The van der Waals surface area contributed by atoms with Crippen molar-refractivity contribution in [1.29, 1.82) is 0 Å². The van der Waals surface area contributed by atoms with Gasteiger partial charge in [-0.05, 0) is 56.5 Å². The lowest BCUT2D eigenvalue weighted by Crippen LogP contribution is -2.24. The van der Waals surface area contributed by atoms with Crippen LogP contribution in [-0.2, 0) is 4.79 Å². The van der Waals surface area contributed by atoms with E-state index in [1.165, 1.54) is 12.3 Å². The fraction of sp³-hybridized carbons (Fsp3) is 0.0526. The number of hydrazone groups is 1. The molecule has 6 nitrogen and oxygen atoms in total. The average molecular weight is 415 g/mol. The molecule has 0 bridgehead atoms. The Kier molecular flexibility index (Phi) is 5.38. The van der Waals surface area contributed by atoms with Gasteiger partial charge in [0.15, 0.2) is 18.1 Å². The SMILES string of the molecule is O=C(COc1ccc2ccccc2c1)NN=Cc1cc(O)c(O)c(Br)c1. The summed E-state index contributed by atoms with van der Waals surface area (Å²) in [4.78, 5) is 11.8. The van der Waals surface area contributed by atoms with Gasteiger partial charge in [0.1, 0.15) is 5.75 Å². The summed E-state index contributed by atoms with van der Waals surface area (Å²) in [5, 5.41) is 24.9. The van der Waals surface area contributed by atoms with Crippen LogP contribution >= 0.6 is 15.9 Å². The van der Waals surface area contributed by atoms with Crippen LogP contribution in [0.15, 0.2) is 64.2 Å². The standard InChI is InChI=1S/C19H15BrN2O4/c20-16-7-12(8-17(23)19(16)25)10-21-22-18(24)11-26-15-6-5-13-3-1-2-4-14(13)9-15/h1-10,23,25H,11H2,(H,22,24). The van der Waals surface area contributed by atoms with Crippen molar-refractivity contribution in [3.05, 3.63) is 64.6 Å². The number of phenols is 2. The van der Waals surface area contributed by atoms with Crippen molar-refractivity contribution in [2.24, 2.45) is 5.10 Å². The molecule has 0 aliphatic carbocycles. The molecule has 3 aromatic rings. The molecule has 3 aromatic carbocycles. The van der Waals surface area contributed by atoms with Crippen LogP contribution in [0.5, 0.6) is 17.2 Å². The van der Waals surface area contributed by atoms with Crippen LogP contribution in [0.3, 0.4) is 0 Å². The van der Waals surface area contributed by atoms with Gasteiger partial charge < -0.3 is 14.9 Å². The van der Waals surface area contributed by atoms with Gasteiger partial charge in [0.25, 0.3) is 5.91 Å². The fourth-order valence-corrected chi connectivity index (χ4v) is 2.76. The smallest absolute Gasteiger partial charge is 0.277 e. The zero-order chi connectivity index (χ0) is 18.5. The van der Waals surface area contributed by atoms with Crippen molar-refractivity contribution in [1.82, 2.24) is 5.43 Å². The number of aromatic hydroxyl groups is 2. The second kappa shape index (κ2) is 7.88. The minimum Gasteiger partial charge on any atom is -0.504 e. The fourth-order valence-electron chi connectivity index (χ4n) is 2.30. The zero-order valence-corrected chi connectivity index (χ0v) is 15.1. The lowest BCUT2D eigenvalue weighted by molar-refractivity contribution is -0.123. The third kappa shape index (κ3) is 4.31. The van der Waals surface area contributed by atoms with Crippen LogP contribution in [0.2, 0.25) is 0 Å². The van der Waals surface area contributed by atoms with Gasteiger partial charge in [0, 0.05) is 0 Å². The molecule has 7 heteroatoms. The van der Waals surface area contributed by atoms with Gasteiger partial charge in [-0.15, -0.1) is 0 Å². The summed E-state index contributed by atoms with van der Waals surface area (Å²) in [6.45, 7) is -0.180. The maximum Gasteiger partial charge on any atom is 0.277 e. The third-order valence-electron chi connectivity index (χ3n) is 3.56. The molecular weight excluding hydrogens is 400 g/mol. The number of benzene rings is 3. The van der Waals surface area contributed by atoms with E-state index in [9.17, 15) is 15.0 Å². The molecule has 0 unspecified atom stereocenters. The van der Waals surface area contributed by atoms with Crippen LogP contribution in [-0.4, -0.2) is 28.9 Å². The quantitative estimate of drug-likeness (QED) is 0.338. The number of ether oxygens (including phenoxy) is 1. The number of nitrogens with zero attached hydrogens (tertiary/aromatic N) is 1. The number of nitrogens with one attached hydrogen (secondary N) is 1. The van der Waals surface area contributed by atoms with Gasteiger partial charge in [-0.1, -0.05) is 30.3 Å². The molecule has 0 fully saturated rings. The Hall–Kier alpha value is -3.06. The van der Waals surface area contributed by atoms with Crippen LogP contribution in [0.25, 0.3) is 10.8 Å². The first-order chi connectivity index (χ1) is 12.5. The summed E-state index contributed by atoms with van der Waals surface area (Å²) in [7, 11) is 0. The van der Waals surface area contributed by atoms with Crippen molar-refractivity contribution < 1.29 is 19.7 Å². The summed E-state index contributed by atoms with van der Waals surface area (Å²) in [5.41, 5.74) is 2.84. The molecule has 0 aromatic heterocycles. The highest BCUT2D eigenvalue weighted by atomic mass is 79.9. The highest BCUT2D eigenvalue weighted by Crippen LogP contribution is 2.33. The van der Waals surface area contributed by atoms with E-state index >= 15 is 0 Å². The molecule has 0 radical (unpaired) electrons. The second-order valence-electron chi connectivity index (χ2n) is 5.46. The van der Waals surface area contributed by atoms with Crippen molar-refractivity contribution in [2.45, 2.75) is 0 Å². The molecular formula is C19H15BrN2O4. The van der Waals surface area contributed by atoms with E-state index in [4.69, 9.17) is 4.74 Å². The Morgan fingerprint density at radius 1 is 1.12 bits per heavy atom. The molecule has 0 heterocycles. The highest BCUT2D eigenvalue weighted by molar-refractivity contribution is 9.10. The predicted octanol–water partition coefficient (Wildman–Crippen LogP) is 3.54. The first-order valence-electron chi connectivity index (χ1n) is 7.68. The molecule has 3 N–H and O–H groups in total. The van der Waals surface area contributed by atoms with Crippen LogP contribution in [0.1, 0.15) is 5.56 Å². The van der Waals surface area contributed by atoms with E-state index in [1.807, 2.05) is 36.4 Å². The number of hydrogen-bond acceptors (Lipinski definition) is 5. The number of amides is 1. The van der Waals surface area contributed by atoms with Gasteiger partial charge in [-0.25, -0.2) is 5.43 Å². The summed E-state index contributed by atoms with van der Waals surface area (Å²) in [6, 6.07) is 16.3. The molecule has 0 aliphatic heterocycles. The lowest BCUT2D eigenvalue weighted by atomic mass is 10.1. The van der Waals surface area contributed by atoms with Crippen molar-refractivity contribution in [3.63, 3.8) is 0 Å². The Morgan fingerprint density at radius 3 is 2.65 bits per heavy atom. The first kappa shape index (κ1) is 17.8. The number of phenolic OH excluding ortho intramolecular Hbond substituents is 2. The molecule has 0 saturated heterocycles. The monoisotopic (exact) mass is 414 g/mol. The molecule has 0 spiro atoms. The van der Waals surface area contributed by atoms with Gasteiger partial charge in [-0.2, -0.15) is 5.10 Å². The van der Waals surface area contributed by atoms with E-state index in [0.717, 1.165) is 10.8 Å². The summed E-state index contributed by atoms with van der Waals surface area (Å²) in [5.74, 6) is -0.367. The van der Waals surface area contributed by atoms with Crippen molar-refractivity contribution >= 4 is 38.8 Å². The molecule has 1 amide bonds. The minimum atomic E-state index is -0.420. The summed E-state index contributed by atoms with van der Waals surface area (Å²) in [6.07, 6.45) is 1.35. The molecule has 26 heavy (non-hydrogen) atoms. The topological polar surface area (TPSA) is 91.2 Å². The van der Waals surface area contributed by atoms with E-state index in [2.05, 4.69) is 26.5 Å². The van der Waals surface area contributed by atoms with Gasteiger partial charge in [0.2, 0.25) is 0 Å². The zero-order valence-electron chi connectivity index (χ0n) is 13.5. The third-order valence-corrected chi connectivity index (χ3v) is 4.16. The Bertz CT molecular complexity index is 965. The minimum absolute atomic E-state index is 0.180. The van der Waals surface area contributed by atoms with Gasteiger partial charge in [-0.3, -0.25) is 4.79 Å². The van der Waals surface area contributed by atoms with Gasteiger partial charge >= 0.3 is 0 Å². The Labute approximate surface area is 157 Å². The number of rotatable bonds is 5. The van der Waals surface area contributed by atoms with E-state index in [1.54, 1.807) is 12.1 Å². The highest BCUT2D eigenvalue weighted by Gasteiger charge is 2.06. The molecule has 132 valence electrons. The maximum absolute atomic E-state index is 11.8. The summed E-state index contributed by atoms with van der Waals surface area (Å²) < 4.78 is 5.79. The van der Waals surface area contributed by atoms with E-state index in [-0.39, 0.29) is 18.1 Å². The largest absolute Gasteiger partial charge is 0.504 e. The lowest BCUT2D eigenvalue weighted by Gasteiger charge is -2.06. The Balaban J connectivity index is 1.55. The first-order valence-corrected chi connectivity index (χ1v) is 8.47. The Morgan fingerprint density at radius 2 is 1.88 bits per heavy atom. The van der Waals surface area contributed by atoms with Crippen LogP contribution < -0.4 is 10.2 Å². The average Bonchev–Trinajstić information content (AvgIpc) is 2.64. The maximum atomic E-state index is 11.8. The molecule has 0 saturated carbocycles. The van der Waals surface area contributed by atoms with Gasteiger partial charge in [0.05, 0.1) is 10.7 Å². The molecule has 0 atom stereocenters. The van der Waals surface area contributed by atoms with Crippen molar-refractivity contribution in [3.8, 4) is 17.2 Å². The number of carbonyl (C=O) groups excluding carboxylic acids is 1. The molecule has 0 aliphatic rings.